The molecule has 2 amide bonds. The maximum Gasteiger partial charge on any atom is 0.317 e. The van der Waals surface area contributed by atoms with E-state index in [-0.39, 0.29) is 12.1 Å². The second-order valence-electron chi connectivity index (χ2n) is 4.09. The zero-order valence-corrected chi connectivity index (χ0v) is 10.5. The highest BCUT2D eigenvalue weighted by Crippen LogP contribution is 2.03. The molecule has 1 unspecified atom stereocenters. The number of hydrogen-bond donors (Lipinski definition) is 1. The molecule has 5 nitrogen and oxygen atoms in total. The summed E-state index contributed by atoms with van der Waals surface area (Å²) in [5, 5.41) is 2.88. The smallest absolute Gasteiger partial charge is 0.317 e. The molecule has 0 bridgehead atoms. The fourth-order valence-corrected chi connectivity index (χ4v) is 1.67. The first-order chi connectivity index (χ1) is 7.67. The molecule has 0 aromatic carbocycles. The maximum absolute atomic E-state index is 11.5. The molecule has 0 radical (unpaired) electrons. The van der Waals surface area contributed by atoms with Crippen LogP contribution < -0.4 is 5.32 Å². The van der Waals surface area contributed by atoms with Crippen molar-refractivity contribution >= 4 is 6.03 Å². The summed E-state index contributed by atoms with van der Waals surface area (Å²) in [6.45, 7) is 9.13. The van der Waals surface area contributed by atoms with Crippen molar-refractivity contribution in [2.75, 3.05) is 46.4 Å². The van der Waals surface area contributed by atoms with E-state index >= 15 is 0 Å². The van der Waals surface area contributed by atoms with E-state index in [1.54, 1.807) is 11.9 Å². The molecule has 1 rings (SSSR count). The molecule has 94 valence electrons. The van der Waals surface area contributed by atoms with Gasteiger partial charge in [-0.2, -0.15) is 0 Å². The number of likely N-dealkylation sites (N-methyl/N-ethyl adjacent to an activating group) is 1. The Morgan fingerprint density at radius 2 is 2.31 bits per heavy atom. The maximum atomic E-state index is 11.5. The van der Waals surface area contributed by atoms with Gasteiger partial charge in [-0.05, 0) is 13.5 Å². The first kappa shape index (κ1) is 13.3. The second kappa shape index (κ2) is 6.70. The number of rotatable bonds is 4. The summed E-state index contributed by atoms with van der Waals surface area (Å²) in [4.78, 5) is 15.5. The molecule has 1 heterocycles. The summed E-state index contributed by atoms with van der Waals surface area (Å²) >= 11 is 0. The van der Waals surface area contributed by atoms with Crippen molar-refractivity contribution in [3.63, 3.8) is 0 Å². The normalized spacial score (nSPS) is 21.8. The molecule has 1 fully saturated rings. The highest BCUT2D eigenvalue weighted by Gasteiger charge is 2.19. The van der Waals surface area contributed by atoms with Gasteiger partial charge in [0.15, 0.2) is 0 Å². The van der Waals surface area contributed by atoms with E-state index < -0.39 is 0 Å². The third-order valence-corrected chi connectivity index (χ3v) is 2.97. The molecule has 0 saturated carbocycles. The van der Waals surface area contributed by atoms with E-state index in [1.165, 1.54) is 0 Å². The molecule has 0 aromatic rings. The van der Waals surface area contributed by atoms with Crippen LogP contribution in [0.2, 0.25) is 0 Å². The topological polar surface area (TPSA) is 44.8 Å². The van der Waals surface area contributed by atoms with Gasteiger partial charge in [0.1, 0.15) is 0 Å². The minimum absolute atomic E-state index is 0.0280. The Morgan fingerprint density at radius 1 is 1.56 bits per heavy atom. The summed E-state index contributed by atoms with van der Waals surface area (Å²) in [6, 6.07) is -0.0280. The molecule has 1 N–H and O–H groups in total. The third-order valence-electron chi connectivity index (χ3n) is 2.97. The number of ether oxygens (including phenoxy) is 1. The van der Waals surface area contributed by atoms with Gasteiger partial charge >= 0.3 is 6.03 Å². The highest BCUT2D eigenvalue weighted by atomic mass is 16.5. The fraction of sp³-hybridized carbons (Fsp3) is 0.909. The lowest BCUT2D eigenvalue weighted by atomic mass is 10.2. The summed E-state index contributed by atoms with van der Waals surface area (Å²) in [6.07, 6.45) is 0.128. The van der Waals surface area contributed by atoms with Crippen molar-refractivity contribution in [1.82, 2.24) is 15.1 Å². The van der Waals surface area contributed by atoms with E-state index in [9.17, 15) is 4.79 Å². The average Bonchev–Trinajstić information content (AvgIpc) is 2.35. The molecular formula is C11H23N3O2. The predicted molar refractivity (Wildman–Crippen MR) is 63.6 cm³/mol. The number of morpholine rings is 1. The van der Waals surface area contributed by atoms with Crippen LogP contribution in [0.1, 0.15) is 13.8 Å². The first-order valence-corrected chi connectivity index (χ1v) is 6.00. The first-order valence-electron chi connectivity index (χ1n) is 6.00. The van der Waals surface area contributed by atoms with E-state index in [1.807, 2.05) is 6.92 Å². The Morgan fingerprint density at radius 3 is 2.94 bits per heavy atom. The van der Waals surface area contributed by atoms with Crippen molar-refractivity contribution < 1.29 is 9.53 Å². The van der Waals surface area contributed by atoms with Crippen LogP contribution in [0.4, 0.5) is 4.79 Å². The van der Waals surface area contributed by atoms with E-state index in [2.05, 4.69) is 17.1 Å². The molecule has 16 heavy (non-hydrogen) atoms. The average molecular weight is 229 g/mol. The molecule has 5 heteroatoms. The third kappa shape index (κ3) is 3.98. The van der Waals surface area contributed by atoms with Gasteiger partial charge in [-0.1, -0.05) is 6.92 Å². The van der Waals surface area contributed by atoms with Crippen LogP contribution in [0.5, 0.6) is 0 Å². The van der Waals surface area contributed by atoms with Crippen LogP contribution in [0.15, 0.2) is 0 Å². The zero-order chi connectivity index (χ0) is 12.0. The van der Waals surface area contributed by atoms with Crippen LogP contribution in [0, 0.1) is 0 Å². The number of urea groups is 1. The van der Waals surface area contributed by atoms with Gasteiger partial charge in [-0.25, -0.2) is 4.79 Å². The summed E-state index contributed by atoms with van der Waals surface area (Å²) in [5.74, 6) is 0. The SMILES string of the molecule is CCN1CCOC(CNC(=O)N(C)CC)C1. The minimum Gasteiger partial charge on any atom is -0.374 e. The van der Waals surface area contributed by atoms with Gasteiger partial charge in [0.05, 0.1) is 12.7 Å². The van der Waals surface area contributed by atoms with Gasteiger partial charge in [-0.15, -0.1) is 0 Å². The second-order valence-corrected chi connectivity index (χ2v) is 4.09. The molecule has 1 saturated heterocycles. The lowest BCUT2D eigenvalue weighted by Gasteiger charge is -2.32. The van der Waals surface area contributed by atoms with Crippen molar-refractivity contribution in [2.45, 2.75) is 20.0 Å². The molecular weight excluding hydrogens is 206 g/mol. The number of carbonyl (C=O) groups excluding carboxylic acids is 1. The predicted octanol–water partition coefficient (Wildman–Crippen LogP) is 0.368. The Bertz CT molecular complexity index is 223. The van der Waals surface area contributed by atoms with Crippen LogP contribution in [-0.4, -0.2) is 68.3 Å². The van der Waals surface area contributed by atoms with Crippen LogP contribution >= 0.6 is 0 Å². The summed E-state index contributed by atoms with van der Waals surface area (Å²) in [5.41, 5.74) is 0. The summed E-state index contributed by atoms with van der Waals surface area (Å²) in [7, 11) is 1.79. The highest BCUT2D eigenvalue weighted by molar-refractivity contribution is 5.73. The number of hydrogen-bond acceptors (Lipinski definition) is 3. The van der Waals surface area contributed by atoms with Gasteiger partial charge in [0, 0.05) is 33.2 Å². The molecule has 0 spiro atoms. The summed E-state index contributed by atoms with van der Waals surface area (Å²) < 4.78 is 5.60. The standard InChI is InChI=1S/C11H23N3O2/c1-4-13(3)11(15)12-8-10-9-14(5-2)6-7-16-10/h10H,4-9H2,1-3H3,(H,12,15). The minimum atomic E-state index is -0.0280. The lowest BCUT2D eigenvalue weighted by molar-refractivity contribution is -0.0243. The van der Waals surface area contributed by atoms with E-state index in [4.69, 9.17) is 4.74 Å². The molecule has 1 aliphatic heterocycles. The van der Waals surface area contributed by atoms with Gasteiger partial charge < -0.3 is 15.0 Å². The van der Waals surface area contributed by atoms with Gasteiger partial charge in [-0.3, -0.25) is 4.90 Å². The van der Waals surface area contributed by atoms with Crippen molar-refractivity contribution in [3.05, 3.63) is 0 Å². The largest absolute Gasteiger partial charge is 0.374 e. The van der Waals surface area contributed by atoms with E-state index in [0.29, 0.717) is 6.54 Å². The zero-order valence-electron chi connectivity index (χ0n) is 10.5. The number of nitrogens with one attached hydrogen (secondary N) is 1. The van der Waals surface area contributed by atoms with Crippen molar-refractivity contribution in [3.8, 4) is 0 Å². The van der Waals surface area contributed by atoms with Gasteiger partial charge in [0.25, 0.3) is 0 Å². The van der Waals surface area contributed by atoms with Gasteiger partial charge in [0.2, 0.25) is 0 Å². The fourth-order valence-electron chi connectivity index (χ4n) is 1.67. The Balaban J connectivity index is 2.24. The molecule has 1 atom stereocenters. The van der Waals surface area contributed by atoms with Crippen molar-refractivity contribution in [2.24, 2.45) is 0 Å². The van der Waals surface area contributed by atoms with E-state index in [0.717, 1.165) is 32.8 Å². The monoisotopic (exact) mass is 229 g/mol. The van der Waals surface area contributed by atoms with Crippen LogP contribution in [0.3, 0.4) is 0 Å². The number of amides is 2. The number of carbonyl (C=O) groups is 1. The molecule has 0 aliphatic carbocycles. The Hall–Kier alpha value is -0.810. The lowest BCUT2D eigenvalue weighted by Crippen LogP contribution is -2.49. The Kier molecular flexibility index (Phi) is 5.55. The number of nitrogens with zero attached hydrogens (tertiary/aromatic N) is 2. The van der Waals surface area contributed by atoms with Crippen LogP contribution in [0.25, 0.3) is 0 Å². The molecule has 1 aliphatic rings. The van der Waals surface area contributed by atoms with Crippen LogP contribution in [-0.2, 0) is 4.74 Å². The molecule has 0 aromatic heterocycles. The van der Waals surface area contributed by atoms with Crippen molar-refractivity contribution in [1.29, 1.82) is 0 Å². The quantitative estimate of drug-likeness (QED) is 0.757. The Labute approximate surface area is 97.7 Å².